The van der Waals surface area contributed by atoms with Gasteiger partial charge in [-0.1, -0.05) is 6.07 Å². The van der Waals surface area contributed by atoms with Gasteiger partial charge in [0.2, 0.25) is 5.91 Å². The third kappa shape index (κ3) is 4.80. The van der Waals surface area contributed by atoms with E-state index in [4.69, 9.17) is 17.0 Å². The molecule has 21 heavy (non-hydrogen) atoms. The Morgan fingerprint density at radius 1 is 1.48 bits per heavy atom. The lowest BCUT2D eigenvalue weighted by Gasteiger charge is -2.17. The van der Waals surface area contributed by atoms with Crippen molar-refractivity contribution in [2.75, 3.05) is 21.2 Å². The standard InChI is InChI=1S/C12H15N3O4S2/c1-13-12(20)15(2)11(16)7-8-4-5-10(19-3)9(6-8)14-21(17)18/h4-6H,7H2,1-3H3,(H,13,20). The number of nitrogens with one attached hydrogen (secondary N) is 1. The number of carbonyl (C=O) groups is 1. The van der Waals surface area contributed by atoms with Gasteiger partial charge < -0.3 is 10.1 Å². The van der Waals surface area contributed by atoms with Crippen LogP contribution >= 0.6 is 12.2 Å². The van der Waals surface area contributed by atoms with E-state index in [1.165, 1.54) is 18.1 Å². The van der Waals surface area contributed by atoms with Crippen molar-refractivity contribution in [1.29, 1.82) is 0 Å². The van der Waals surface area contributed by atoms with Gasteiger partial charge in [0.05, 0.1) is 13.5 Å². The van der Waals surface area contributed by atoms with Crippen LogP contribution in [-0.4, -0.2) is 45.5 Å². The zero-order valence-electron chi connectivity index (χ0n) is 11.8. The Morgan fingerprint density at radius 3 is 2.67 bits per heavy atom. The van der Waals surface area contributed by atoms with Crippen LogP contribution in [0.3, 0.4) is 0 Å². The molecule has 0 aliphatic carbocycles. The van der Waals surface area contributed by atoms with Crippen molar-refractivity contribution in [2.24, 2.45) is 4.36 Å². The van der Waals surface area contributed by atoms with Gasteiger partial charge in [-0.15, -0.1) is 4.36 Å². The molecule has 0 spiro atoms. The van der Waals surface area contributed by atoms with Crippen LogP contribution in [0, 0.1) is 0 Å². The summed E-state index contributed by atoms with van der Waals surface area (Å²) < 4.78 is 29.8. The highest BCUT2D eigenvalue weighted by atomic mass is 32.2. The minimum absolute atomic E-state index is 0.0658. The molecular weight excluding hydrogens is 314 g/mol. The molecule has 0 bridgehead atoms. The first kappa shape index (κ1) is 17.1. The van der Waals surface area contributed by atoms with Crippen molar-refractivity contribution in [1.82, 2.24) is 10.2 Å². The van der Waals surface area contributed by atoms with Crippen LogP contribution in [0.25, 0.3) is 0 Å². The van der Waals surface area contributed by atoms with E-state index in [9.17, 15) is 13.2 Å². The predicted octanol–water partition coefficient (Wildman–Crippen LogP) is 0.895. The first-order valence-electron chi connectivity index (χ1n) is 5.85. The number of amides is 1. The number of hydrogen-bond donors (Lipinski definition) is 1. The van der Waals surface area contributed by atoms with E-state index >= 15 is 0 Å². The van der Waals surface area contributed by atoms with Crippen molar-refractivity contribution in [2.45, 2.75) is 6.42 Å². The molecule has 0 unspecified atom stereocenters. The number of ether oxygens (including phenoxy) is 1. The molecular formula is C12H15N3O4S2. The van der Waals surface area contributed by atoms with Crippen molar-refractivity contribution in [3.63, 3.8) is 0 Å². The van der Waals surface area contributed by atoms with Crippen LogP contribution in [0.5, 0.6) is 5.75 Å². The Labute approximate surface area is 129 Å². The molecule has 0 atom stereocenters. The summed E-state index contributed by atoms with van der Waals surface area (Å²) in [6.07, 6.45) is 0.0658. The molecule has 1 aromatic carbocycles. The molecule has 1 amide bonds. The van der Waals surface area contributed by atoms with Gasteiger partial charge in [-0.3, -0.25) is 9.69 Å². The van der Waals surface area contributed by atoms with E-state index in [-0.39, 0.29) is 18.0 Å². The minimum atomic E-state index is -2.60. The van der Waals surface area contributed by atoms with Gasteiger partial charge in [-0.05, 0) is 29.9 Å². The largest absolute Gasteiger partial charge is 0.494 e. The van der Waals surface area contributed by atoms with Crippen molar-refractivity contribution < 1.29 is 17.9 Å². The van der Waals surface area contributed by atoms with E-state index in [1.807, 2.05) is 0 Å². The zero-order chi connectivity index (χ0) is 16.0. The lowest BCUT2D eigenvalue weighted by atomic mass is 10.1. The molecule has 0 aromatic heterocycles. The molecule has 0 saturated heterocycles. The fourth-order valence-electron chi connectivity index (χ4n) is 1.57. The summed E-state index contributed by atoms with van der Waals surface area (Å²) in [5, 5.41) is 3.01. The van der Waals surface area contributed by atoms with Crippen LogP contribution in [0.1, 0.15) is 5.56 Å². The quantitative estimate of drug-likeness (QED) is 0.826. The highest BCUT2D eigenvalue weighted by Crippen LogP contribution is 2.28. The van der Waals surface area contributed by atoms with Gasteiger partial charge in [-0.25, -0.2) is 0 Å². The summed E-state index contributed by atoms with van der Waals surface area (Å²) in [6, 6.07) is 4.72. The molecule has 0 heterocycles. The Kier molecular flexibility index (Phi) is 6.25. The maximum absolute atomic E-state index is 12.0. The molecule has 0 aliphatic rings. The number of thiocarbonyl (C=S) groups is 1. The van der Waals surface area contributed by atoms with Crippen LogP contribution in [0.2, 0.25) is 0 Å². The maximum Gasteiger partial charge on any atom is 0.316 e. The SMILES string of the molecule is CNC(=S)N(C)C(=O)Cc1ccc(OC)c(N=S(=O)=O)c1. The van der Waals surface area contributed by atoms with E-state index in [0.717, 1.165) is 0 Å². The molecule has 0 aliphatic heterocycles. The van der Waals surface area contributed by atoms with E-state index < -0.39 is 10.5 Å². The molecule has 7 nitrogen and oxygen atoms in total. The third-order valence-electron chi connectivity index (χ3n) is 2.66. The molecule has 0 radical (unpaired) electrons. The number of nitrogens with zero attached hydrogens (tertiary/aromatic N) is 2. The Balaban J connectivity index is 3.03. The topological polar surface area (TPSA) is 88.1 Å². The normalized spacial score (nSPS) is 9.67. The number of carbonyl (C=O) groups excluding carboxylic acids is 1. The first-order valence-corrected chi connectivity index (χ1v) is 7.29. The van der Waals surface area contributed by atoms with Gasteiger partial charge in [-0.2, -0.15) is 8.42 Å². The van der Waals surface area contributed by atoms with Crippen LogP contribution < -0.4 is 10.1 Å². The molecule has 1 N–H and O–H groups in total. The second-order valence-electron chi connectivity index (χ2n) is 4.00. The Hall–Kier alpha value is -2.00. The van der Waals surface area contributed by atoms with Crippen molar-refractivity contribution in [3.05, 3.63) is 23.8 Å². The Morgan fingerprint density at radius 2 is 2.14 bits per heavy atom. The lowest BCUT2D eigenvalue weighted by Crippen LogP contribution is -2.39. The molecule has 9 heteroatoms. The summed E-state index contributed by atoms with van der Waals surface area (Å²) >= 11 is 4.97. The summed E-state index contributed by atoms with van der Waals surface area (Å²) in [7, 11) is 1.99. The van der Waals surface area contributed by atoms with E-state index in [0.29, 0.717) is 16.4 Å². The number of methoxy groups -OCH3 is 1. The van der Waals surface area contributed by atoms with E-state index in [1.54, 1.807) is 26.2 Å². The fraction of sp³-hybridized carbons (Fsp3) is 0.333. The van der Waals surface area contributed by atoms with Crippen molar-refractivity contribution in [3.8, 4) is 5.75 Å². The molecule has 1 rings (SSSR count). The molecule has 0 fully saturated rings. The zero-order valence-corrected chi connectivity index (χ0v) is 13.4. The van der Waals surface area contributed by atoms with Gasteiger partial charge in [0.1, 0.15) is 11.4 Å². The van der Waals surface area contributed by atoms with Crippen LogP contribution in [0.15, 0.2) is 22.6 Å². The lowest BCUT2D eigenvalue weighted by molar-refractivity contribution is -0.125. The smallest absolute Gasteiger partial charge is 0.316 e. The Bertz CT molecular complexity index is 678. The fourth-order valence-corrected chi connectivity index (χ4v) is 1.98. The summed E-state index contributed by atoms with van der Waals surface area (Å²) in [6.45, 7) is 0. The molecule has 1 aromatic rings. The predicted molar refractivity (Wildman–Crippen MR) is 82.1 cm³/mol. The van der Waals surface area contributed by atoms with Gasteiger partial charge >= 0.3 is 10.5 Å². The first-order chi connectivity index (χ1) is 9.88. The second-order valence-corrected chi connectivity index (χ2v) is 5.00. The number of benzene rings is 1. The monoisotopic (exact) mass is 329 g/mol. The van der Waals surface area contributed by atoms with Crippen LogP contribution in [0.4, 0.5) is 5.69 Å². The highest BCUT2D eigenvalue weighted by Gasteiger charge is 2.14. The average Bonchev–Trinajstić information content (AvgIpc) is 2.45. The third-order valence-corrected chi connectivity index (χ3v) is 3.49. The van der Waals surface area contributed by atoms with Gasteiger partial charge in [0.15, 0.2) is 5.11 Å². The summed E-state index contributed by atoms with van der Waals surface area (Å²) in [4.78, 5) is 13.3. The summed E-state index contributed by atoms with van der Waals surface area (Å²) in [5.74, 6) is 0.0863. The van der Waals surface area contributed by atoms with Gasteiger partial charge in [0, 0.05) is 14.1 Å². The average molecular weight is 329 g/mol. The molecule has 114 valence electrons. The second kappa shape index (κ2) is 7.70. The number of rotatable bonds is 4. The van der Waals surface area contributed by atoms with Crippen LogP contribution in [-0.2, 0) is 21.7 Å². The van der Waals surface area contributed by atoms with Gasteiger partial charge in [0.25, 0.3) is 0 Å². The maximum atomic E-state index is 12.0. The molecule has 0 saturated carbocycles. The van der Waals surface area contributed by atoms with E-state index in [2.05, 4.69) is 9.68 Å². The summed E-state index contributed by atoms with van der Waals surface area (Å²) in [5.41, 5.74) is 0.755. The van der Waals surface area contributed by atoms with Crippen molar-refractivity contribution >= 4 is 39.4 Å². The highest BCUT2D eigenvalue weighted by molar-refractivity contribution is 7.80. The number of hydrogen-bond acceptors (Lipinski definition) is 6. The minimum Gasteiger partial charge on any atom is -0.494 e. The number of likely N-dealkylation sites (N-methyl/N-ethyl adjacent to an activating group) is 1.